The molecule has 0 heterocycles. The van der Waals surface area contributed by atoms with Crippen molar-refractivity contribution in [2.75, 3.05) is 11.4 Å². The molecule has 0 aliphatic heterocycles. The third-order valence-electron chi connectivity index (χ3n) is 3.29. The highest BCUT2D eigenvalue weighted by molar-refractivity contribution is 6.33. The summed E-state index contributed by atoms with van der Waals surface area (Å²) in [5.74, 6) is 0.0505. The van der Waals surface area contributed by atoms with E-state index in [0.29, 0.717) is 10.6 Å². The third-order valence-corrected chi connectivity index (χ3v) is 3.59. The van der Waals surface area contributed by atoms with Gasteiger partial charge in [0.2, 0.25) is 0 Å². The lowest BCUT2D eigenvalue weighted by molar-refractivity contribution is 0.318. The number of rotatable bonds is 5. The van der Waals surface area contributed by atoms with Gasteiger partial charge in [-0.15, -0.1) is 0 Å². The van der Waals surface area contributed by atoms with Crippen molar-refractivity contribution in [1.29, 1.82) is 0 Å². The number of halogens is 1. The molecule has 0 radical (unpaired) electrons. The molecule has 0 bridgehead atoms. The Morgan fingerprint density at radius 1 is 1.24 bits per heavy atom. The van der Waals surface area contributed by atoms with E-state index in [0.717, 1.165) is 18.8 Å². The Hall–Kier alpha value is -2.20. The maximum atomic E-state index is 8.71. The van der Waals surface area contributed by atoms with Gasteiger partial charge in [-0.2, -0.15) is 0 Å². The Balaban J connectivity index is 2.26. The van der Waals surface area contributed by atoms with Gasteiger partial charge in [0, 0.05) is 18.7 Å². The van der Waals surface area contributed by atoms with Crippen molar-refractivity contribution in [3.05, 3.63) is 64.7 Å². The highest BCUT2D eigenvalue weighted by Crippen LogP contribution is 2.28. The van der Waals surface area contributed by atoms with E-state index >= 15 is 0 Å². The molecule has 0 atom stereocenters. The SMILES string of the molecule is CCN(Cc1ccccc1)c1ccc(C(N)=NO)cc1Cl. The Bertz CT molecular complexity index is 629. The van der Waals surface area contributed by atoms with E-state index in [-0.39, 0.29) is 5.84 Å². The molecule has 0 saturated carbocycles. The predicted molar refractivity (Wildman–Crippen MR) is 87.1 cm³/mol. The molecule has 3 N–H and O–H groups in total. The van der Waals surface area contributed by atoms with Crippen LogP contribution in [0.5, 0.6) is 0 Å². The number of hydrogen-bond donors (Lipinski definition) is 2. The summed E-state index contributed by atoms with van der Waals surface area (Å²) in [7, 11) is 0. The van der Waals surface area contributed by atoms with Gasteiger partial charge in [0.1, 0.15) is 0 Å². The van der Waals surface area contributed by atoms with Crippen molar-refractivity contribution in [3.63, 3.8) is 0 Å². The van der Waals surface area contributed by atoms with Gasteiger partial charge in [0.25, 0.3) is 0 Å². The first kappa shape index (κ1) is 15.2. The minimum atomic E-state index is 0.0505. The van der Waals surface area contributed by atoms with Gasteiger partial charge in [-0.3, -0.25) is 0 Å². The average Bonchev–Trinajstić information content (AvgIpc) is 2.53. The molecule has 2 rings (SSSR count). The summed E-state index contributed by atoms with van der Waals surface area (Å²) >= 11 is 6.34. The van der Waals surface area contributed by atoms with Crippen LogP contribution < -0.4 is 10.6 Å². The van der Waals surface area contributed by atoms with Crippen LogP contribution in [0, 0.1) is 0 Å². The van der Waals surface area contributed by atoms with Crippen molar-refractivity contribution in [1.82, 2.24) is 0 Å². The van der Waals surface area contributed by atoms with Crippen LogP contribution in [0.4, 0.5) is 5.69 Å². The van der Waals surface area contributed by atoms with Gasteiger partial charge in [0.05, 0.1) is 10.7 Å². The number of anilines is 1. The van der Waals surface area contributed by atoms with E-state index in [4.69, 9.17) is 22.5 Å². The van der Waals surface area contributed by atoms with Gasteiger partial charge in [-0.05, 0) is 30.7 Å². The fourth-order valence-corrected chi connectivity index (χ4v) is 2.45. The molecule has 0 aromatic heterocycles. The van der Waals surface area contributed by atoms with Crippen molar-refractivity contribution >= 4 is 23.1 Å². The number of hydrogen-bond acceptors (Lipinski definition) is 3. The lowest BCUT2D eigenvalue weighted by Crippen LogP contribution is -2.22. The van der Waals surface area contributed by atoms with E-state index in [1.807, 2.05) is 24.3 Å². The van der Waals surface area contributed by atoms with Crippen LogP contribution in [0.2, 0.25) is 5.02 Å². The maximum absolute atomic E-state index is 8.71. The van der Waals surface area contributed by atoms with E-state index in [1.54, 1.807) is 12.1 Å². The van der Waals surface area contributed by atoms with Crippen LogP contribution in [0.1, 0.15) is 18.1 Å². The van der Waals surface area contributed by atoms with Crippen molar-refractivity contribution in [2.24, 2.45) is 10.9 Å². The number of benzene rings is 2. The van der Waals surface area contributed by atoms with Crippen molar-refractivity contribution < 1.29 is 5.21 Å². The van der Waals surface area contributed by atoms with E-state index in [2.05, 4.69) is 29.1 Å². The van der Waals surface area contributed by atoms with Crippen LogP contribution in [-0.2, 0) is 6.54 Å². The van der Waals surface area contributed by atoms with Crippen LogP contribution in [0.3, 0.4) is 0 Å². The topological polar surface area (TPSA) is 61.8 Å². The fourth-order valence-electron chi connectivity index (χ4n) is 2.15. The standard InChI is InChI=1S/C16H18ClN3O/c1-2-20(11-12-6-4-3-5-7-12)15-9-8-13(10-14(15)17)16(18)19-21/h3-10,21H,2,11H2,1H3,(H2,18,19). The molecule has 0 saturated heterocycles. The maximum Gasteiger partial charge on any atom is 0.170 e. The quantitative estimate of drug-likeness (QED) is 0.385. The van der Waals surface area contributed by atoms with E-state index in [9.17, 15) is 0 Å². The number of amidine groups is 1. The lowest BCUT2D eigenvalue weighted by Gasteiger charge is -2.24. The van der Waals surface area contributed by atoms with Gasteiger partial charge in [-0.1, -0.05) is 47.1 Å². The summed E-state index contributed by atoms with van der Waals surface area (Å²) in [6.07, 6.45) is 0. The molecule has 2 aromatic rings. The monoisotopic (exact) mass is 303 g/mol. The molecule has 0 aliphatic rings. The molecular formula is C16H18ClN3O. The molecule has 0 unspecified atom stereocenters. The number of oxime groups is 1. The van der Waals surface area contributed by atoms with E-state index < -0.39 is 0 Å². The molecular weight excluding hydrogens is 286 g/mol. The fraction of sp³-hybridized carbons (Fsp3) is 0.188. The van der Waals surface area contributed by atoms with Gasteiger partial charge in [0.15, 0.2) is 5.84 Å². The van der Waals surface area contributed by atoms with Crippen molar-refractivity contribution in [3.8, 4) is 0 Å². The highest BCUT2D eigenvalue weighted by Gasteiger charge is 2.11. The minimum Gasteiger partial charge on any atom is -0.409 e. The summed E-state index contributed by atoms with van der Waals surface area (Å²) in [5, 5.41) is 12.3. The molecule has 21 heavy (non-hydrogen) atoms. The summed E-state index contributed by atoms with van der Waals surface area (Å²) < 4.78 is 0. The normalized spacial score (nSPS) is 11.4. The second-order valence-corrected chi connectivity index (χ2v) is 5.06. The Kier molecular flexibility index (Phi) is 5.06. The Morgan fingerprint density at radius 2 is 1.95 bits per heavy atom. The molecule has 0 aliphatic carbocycles. The molecule has 110 valence electrons. The smallest absolute Gasteiger partial charge is 0.170 e. The molecule has 0 spiro atoms. The second-order valence-electron chi connectivity index (χ2n) is 4.65. The number of nitrogens with two attached hydrogens (primary N) is 1. The summed E-state index contributed by atoms with van der Waals surface area (Å²) in [6, 6.07) is 15.6. The molecule has 0 fully saturated rings. The van der Waals surface area contributed by atoms with Gasteiger partial charge in [-0.25, -0.2) is 0 Å². The van der Waals surface area contributed by atoms with E-state index in [1.165, 1.54) is 5.56 Å². The van der Waals surface area contributed by atoms with Gasteiger partial charge < -0.3 is 15.8 Å². The molecule has 5 heteroatoms. The summed E-state index contributed by atoms with van der Waals surface area (Å²) in [5.41, 5.74) is 8.32. The zero-order valence-electron chi connectivity index (χ0n) is 11.8. The summed E-state index contributed by atoms with van der Waals surface area (Å²) in [4.78, 5) is 2.17. The zero-order valence-corrected chi connectivity index (χ0v) is 12.6. The Morgan fingerprint density at radius 3 is 2.52 bits per heavy atom. The first-order valence-corrected chi connectivity index (χ1v) is 7.09. The van der Waals surface area contributed by atoms with Crippen LogP contribution in [0.25, 0.3) is 0 Å². The number of nitrogens with zero attached hydrogens (tertiary/aromatic N) is 2. The lowest BCUT2D eigenvalue weighted by atomic mass is 10.1. The average molecular weight is 304 g/mol. The van der Waals surface area contributed by atoms with Crippen LogP contribution in [0.15, 0.2) is 53.7 Å². The zero-order chi connectivity index (χ0) is 15.2. The first-order valence-electron chi connectivity index (χ1n) is 6.72. The first-order chi connectivity index (χ1) is 10.2. The molecule has 2 aromatic carbocycles. The Labute approximate surface area is 129 Å². The molecule has 4 nitrogen and oxygen atoms in total. The third kappa shape index (κ3) is 3.67. The predicted octanol–water partition coefficient (Wildman–Crippen LogP) is 3.46. The minimum absolute atomic E-state index is 0.0505. The highest BCUT2D eigenvalue weighted by atomic mass is 35.5. The second kappa shape index (κ2) is 6.99. The van der Waals surface area contributed by atoms with Crippen LogP contribution in [-0.4, -0.2) is 17.6 Å². The van der Waals surface area contributed by atoms with Crippen molar-refractivity contribution in [2.45, 2.75) is 13.5 Å². The van der Waals surface area contributed by atoms with Crippen LogP contribution >= 0.6 is 11.6 Å². The summed E-state index contributed by atoms with van der Waals surface area (Å²) in [6.45, 7) is 3.69. The molecule has 0 amide bonds. The van der Waals surface area contributed by atoms with Gasteiger partial charge >= 0.3 is 0 Å². The largest absolute Gasteiger partial charge is 0.409 e.